The van der Waals surface area contributed by atoms with Crippen molar-refractivity contribution in [2.45, 2.75) is 85.4 Å². The van der Waals surface area contributed by atoms with Gasteiger partial charge in [0.25, 0.3) is 29.5 Å². The van der Waals surface area contributed by atoms with E-state index in [1.165, 1.54) is 118 Å². The minimum atomic E-state index is -5.21. The predicted molar refractivity (Wildman–Crippen MR) is 333 cm³/mol. The number of carboxylic acids is 2. The van der Waals surface area contributed by atoms with Gasteiger partial charge in [-0.2, -0.15) is 8.42 Å². The average Bonchev–Trinajstić information content (AvgIpc) is 1.50. The first-order valence-corrected chi connectivity index (χ1v) is 31.8. The molecule has 0 saturated carbocycles. The molecule has 0 radical (unpaired) electrons. The Balaban J connectivity index is 0.812. The highest BCUT2D eigenvalue weighted by atomic mass is 35.5. The molecule has 34 nitrogen and oxygen atoms in total. The second-order valence-corrected chi connectivity index (χ2v) is 24.5. The van der Waals surface area contributed by atoms with Gasteiger partial charge in [0.05, 0.1) is 58.5 Å². The number of aliphatic hydroxyl groups excluding tert-OH is 6. The molecule has 2 saturated heterocycles. The van der Waals surface area contributed by atoms with Crippen LogP contribution in [0.25, 0.3) is 16.4 Å². The number of anilines is 2. The lowest BCUT2D eigenvalue weighted by molar-refractivity contribution is -0.271. The summed E-state index contributed by atoms with van der Waals surface area (Å²) in [6.07, 6.45) is -13.1. The van der Waals surface area contributed by atoms with Gasteiger partial charge in [0, 0.05) is 78.7 Å². The summed E-state index contributed by atoms with van der Waals surface area (Å²) < 4.78 is 78.0. The average molecular weight is 1400 g/mol. The number of aliphatic hydroxyl groups is 6. The number of benzene rings is 4. The van der Waals surface area contributed by atoms with Crippen LogP contribution in [0.3, 0.4) is 0 Å². The fraction of sp³-hybridized carbons (Fsp3) is 0.355. The third-order valence-electron chi connectivity index (χ3n) is 16.3. The van der Waals surface area contributed by atoms with E-state index < -0.39 is 135 Å². The number of fused-ring (bicyclic) bond motifs is 4. The van der Waals surface area contributed by atoms with Gasteiger partial charge in [-0.05, 0) is 89.8 Å². The molecule has 0 aliphatic carbocycles. The van der Waals surface area contributed by atoms with Crippen molar-refractivity contribution in [2.24, 2.45) is 0 Å². The molecule has 0 bridgehead atoms. The number of nitrogens with one attached hydrogen (secondary N) is 1. The van der Waals surface area contributed by atoms with Crippen LogP contribution in [-0.4, -0.2) is 246 Å². The number of carboxylic acid groups (broad SMARTS) is 2. The van der Waals surface area contributed by atoms with Gasteiger partial charge in [-0.1, -0.05) is 5.21 Å². The Bertz CT molecular complexity index is 4370. The molecule has 518 valence electrons. The van der Waals surface area contributed by atoms with E-state index in [1.54, 1.807) is 12.3 Å². The zero-order chi connectivity index (χ0) is 70.0. The standard InChI is InChI=1S/C62H62ClN9O25S/c1-68(15-18-91-19-16-70-27-34(66-67-70)29-92-20-17-71-45(73)13-14-46(71)74)57(82)31-5-11-41(94-62-53(80)49(76)51(78)55(96-62)60(86)87)42(21-31)97-98(88,89)43-23-40-47(38-22-36(90-2)9-10-37(38)43)32(24-63)25-72(40)58(83)39-28-69-26-33(6-12-44(69)65-39)64-56(81)30-3-7-35(8-4-30)93-61-52(79)48(75)50(77)54(95-61)59(84)85/h3-14,21-23,26-28,32,48-55,61-62,75-80H,15-20,24-25,29H2,1-2H3,(H,64,81)(H,84,85)(H,86,87)/t32-,48+,49+,50+,51+,52-,53-,54+,55+,61-,62?/m1/s1. The Kier molecular flexibility index (Phi) is 20.7. The fourth-order valence-electron chi connectivity index (χ4n) is 11.1. The quantitative estimate of drug-likeness (QED) is 0.0147. The molecule has 2 fully saturated rings. The molecule has 4 aromatic carbocycles. The second kappa shape index (κ2) is 29.1. The molecule has 7 heterocycles. The Hall–Kier alpha value is -9.76. The van der Waals surface area contributed by atoms with Gasteiger partial charge in [0.1, 0.15) is 70.1 Å². The van der Waals surface area contributed by atoms with E-state index in [0.717, 1.165) is 17.0 Å². The highest BCUT2D eigenvalue weighted by molar-refractivity contribution is 7.87. The number of amides is 5. The van der Waals surface area contributed by atoms with Crippen LogP contribution in [0.15, 0.2) is 115 Å². The van der Waals surface area contributed by atoms with Crippen molar-refractivity contribution in [3.63, 3.8) is 0 Å². The number of rotatable bonds is 26. The summed E-state index contributed by atoms with van der Waals surface area (Å²) in [6.45, 7) is 0.448. The van der Waals surface area contributed by atoms with Gasteiger partial charge in [-0.25, -0.2) is 19.3 Å². The number of aliphatic carboxylic acids is 2. The topological polar surface area (TPSA) is 459 Å². The predicted octanol–water partition coefficient (Wildman–Crippen LogP) is -0.137. The van der Waals surface area contributed by atoms with Crippen LogP contribution in [0.5, 0.6) is 23.0 Å². The number of aromatic nitrogens is 5. The summed E-state index contributed by atoms with van der Waals surface area (Å²) in [7, 11) is -2.39. The minimum absolute atomic E-state index is 0.00412. The number of methoxy groups -OCH3 is 1. The monoisotopic (exact) mass is 1400 g/mol. The maximum absolute atomic E-state index is 15.2. The molecule has 9 N–H and O–H groups in total. The van der Waals surface area contributed by atoms with E-state index in [-0.39, 0.29) is 115 Å². The summed E-state index contributed by atoms with van der Waals surface area (Å²) in [6, 6.07) is 17.3. The van der Waals surface area contributed by atoms with E-state index in [1.807, 2.05) is 0 Å². The van der Waals surface area contributed by atoms with Crippen LogP contribution in [0.4, 0.5) is 11.4 Å². The lowest BCUT2D eigenvalue weighted by atomic mass is 9.95. The highest BCUT2D eigenvalue weighted by Gasteiger charge is 2.50. The lowest BCUT2D eigenvalue weighted by Gasteiger charge is -2.38. The maximum Gasteiger partial charge on any atom is 0.340 e. The van der Waals surface area contributed by atoms with Gasteiger partial charge in [0.2, 0.25) is 12.6 Å². The van der Waals surface area contributed by atoms with Crippen LogP contribution >= 0.6 is 11.6 Å². The molecule has 4 aliphatic rings. The molecule has 36 heteroatoms. The van der Waals surface area contributed by atoms with Gasteiger partial charge in [0.15, 0.2) is 23.7 Å². The molecule has 5 amide bonds. The molecule has 11 atom stereocenters. The molecule has 7 aromatic rings. The number of pyridine rings is 1. The SMILES string of the molecule is COc1ccc2c(S(=O)(=O)Oc3cc(C(=O)N(C)CCOCCn4cc(COCCN5C(=O)C=CC5=O)nn4)ccc3OC3O[C@H](C(=O)O)[C@@H](O)[C@H](O)[C@H]3O)cc3c(c2c1)[C@H](CCl)CN3C(=O)c1cn2cc(NC(=O)c3ccc(O[C@@H]4O[C@H](C(=O)O)[C@@H](O)[C@H](O)[C@H]4O)cc3)ccc2n1. The number of alkyl halides is 1. The van der Waals surface area contributed by atoms with E-state index in [4.69, 9.17) is 48.9 Å². The molecular weight excluding hydrogens is 1340 g/mol. The van der Waals surface area contributed by atoms with Gasteiger partial charge < -0.3 is 97.7 Å². The zero-order valence-electron chi connectivity index (χ0n) is 51.5. The number of hydrogen-bond donors (Lipinski definition) is 9. The van der Waals surface area contributed by atoms with E-state index >= 15 is 8.42 Å². The van der Waals surface area contributed by atoms with Crippen LogP contribution in [0.1, 0.15) is 48.4 Å². The van der Waals surface area contributed by atoms with Crippen molar-refractivity contribution < 1.29 is 120 Å². The smallest absolute Gasteiger partial charge is 0.340 e. The Morgan fingerprint density at radius 1 is 0.714 bits per heavy atom. The number of hydrogen-bond acceptors (Lipinski definition) is 26. The van der Waals surface area contributed by atoms with Crippen molar-refractivity contribution >= 4 is 91.0 Å². The number of nitrogens with zero attached hydrogens (tertiary/aromatic N) is 8. The molecule has 98 heavy (non-hydrogen) atoms. The second-order valence-electron chi connectivity index (χ2n) is 22.7. The Morgan fingerprint density at radius 2 is 1.37 bits per heavy atom. The zero-order valence-corrected chi connectivity index (χ0v) is 53.1. The maximum atomic E-state index is 15.2. The molecule has 1 unspecified atom stereocenters. The van der Waals surface area contributed by atoms with Crippen molar-refractivity contribution in [1.82, 2.24) is 34.2 Å². The molecular formula is C62H62ClN9O25S. The normalized spacial score (nSPS) is 23.1. The van der Waals surface area contributed by atoms with E-state index in [2.05, 4.69) is 20.6 Å². The van der Waals surface area contributed by atoms with Gasteiger partial charge in [-0.15, -0.1) is 16.7 Å². The Morgan fingerprint density at radius 3 is 2.03 bits per heavy atom. The summed E-state index contributed by atoms with van der Waals surface area (Å²) in [5.74, 6) is -7.93. The first-order chi connectivity index (χ1) is 46.8. The molecule has 11 rings (SSSR count). The minimum Gasteiger partial charge on any atom is -0.497 e. The van der Waals surface area contributed by atoms with Gasteiger partial charge >= 0.3 is 22.1 Å². The third-order valence-corrected chi connectivity index (χ3v) is 17.9. The fourth-order valence-corrected chi connectivity index (χ4v) is 12.5. The molecule has 4 aliphatic heterocycles. The van der Waals surface area contributed by atoms with Crippen molar-refractivity contribution in [3.8, 4) is 23.0 Å². The largest absolute Gasteiger partial charge is 0.497 e. The number of imidazole rings is 1. The summed E-state index contributed by atoms with van der Waals surface area (Å²) in [4.78, 5) is 97.2. The van der Waals surface area contributed by atoms with Crippen molar-refractivity contribution in [2.75, 3.05) is 69.7 Å². The number of carbonyl (C=O) groups excluding carboxylic acids is 5. The number of halogens is 1. The number of carbonyl (C=O) groups is 7. The van der Waals surface area contributed by atoms with Crippen LogP contribution in [0, 0.1) is 0 Å². The number of imide groups is 1. The van der Waals surface area contributed by atoms with Crippen LogP contribution in [0.2, 0.25) is 0 Å². The number of likely N-dealkylation sites (N-methyl/N-ethyl adjacent to an activating group) is 1. The van der Waals surface area contributed by atoms with Crippen LogP contribution < -0.4 is 28.6 Å². The highest BCUT2D eigenvalue weighted by Crippen LogP contribution is 2.47. The lowest BCUT2D eigenvalue weighted by Crippen LogP contribution is -2.61. The summed E-state index contributed by atoms with van der Waals surface area (Å²) >= 11 is 6.64. The van der Waals surface area contributed by atoms with Crippen molar-refractivity contribution in [3.05, 3.63) is 138 Å². The molecule has 3 aromatic heterocycles. The first-order valence-electron chi connectivity index (χ1n) is 29.9. The van der Waals surface area contributed by atoms with E-state index in [0.29, 0.717) is 11.3 Å². The van der Waals surface area contributed by atoms with E-state index in [9.17, 15) is 74.4 Å². The Labute approximate surface area is 558 Å². The number of ether oxygens (including phenoxy) is 7. The first kappa shape index (κ1) is 69.6. The van der Waals surface area contributed by atoms with Crippen LogP contribution in [-0.2, 0) is 61.4 Å². The third kappa shape index (κ3) is 14.6. The summed E-state index contributed by atoms with van der Waals surface area (Å²) in [5, 5.41) is 92.9. The van der Waals surface area contributed by atoms with Gasteiger partial charge in [-0.3, -0.25) is 28.9 Å². The molecule has 0 spiro atoms. The summed E-state index contributed by atoms with van der Waals surface area (Å²) in [5.41, 5.74) is 1.23. The van der Waals surface area contributed by atoms with Crippen molar-refractivity contribution in [1.29, 1.82) is 0 Å².